The van der Waals surface area contributed by atoms with Crippen LogP contribution in [-0.4, -0.2) is 30.2 Å². The van der Waals surface area contributed by atoms with Crippen LogP contribution >= 0.6 is 0 Å². The minimum absolute atomic E-state index is 0.0168. The summed E-state index contributed by atoms with van der Waals surface area (Å²) in [5.74, 6) is 0. The molecule has 0 radical (unpaired) electrons. The van der Waals surface area contributed by atoms with Gasteiger partial charge in [0.25, 0.3) is 0 Å². The lowest BCUT2D eigenvalue weighted by molar-refractivity contribution is -0.150. The molecule has 1 nitrogen and oxygen atoms in total. The van der Waals surface area contributed by atoms with Crippen LogP contribution in [0.4, 0.5) is 13.2 Å². The Bertz CT molecular complexity index is 145. The van der Waals surface area contributed by atoms with E-state index in [4.69, 9.17) is 0 Å². The molecule has 0 aromatic carbocycles. The summed E-state index contributed by atoms with van der Waals surface area (Å²) >= 11 is 0. The van der Waals surface area contributed by atoms with Gasteiger partial charge in [-0.3, -0.25) is 4.90 Å². The Morgan fingerprint density at radius 3 is 2.14 bits per heavy atom. The summed E-state index contributed by atoms with van der Waals surface area (Å²) < 4.78 is 36.6. The van der Waals surface area contributed by atoms with E-state index in [2.05, 4.69) is 0 Å². The van der Waals surface area contributed by atoms with Crippen LogP contribution in [0.2, 0.25) is 0 Å². The second-order valence-corrected chi connectivity index (χ2v) is 3.70. The molecule has 1 unspecified atom stereocenters. The Kier molecular flexibility index (Phi) is 6.16. The van der Waals surface area contributed by atoms with E-state index in [1.54, 1.807) is 0 Å². The van der Waals surface area contributed by atoms with Gasteiger partial charge >= 0.3 is 6.18 Å². The minimum Gasteiger partial charge on any atom is -0.292 e. The first-order valence-electron chi connectivity index (χ1n) is 5.21. The Hall–Kier alpha value is -0.250. The highest BCUT2D eigenvalue weighted by atomic mass is 19.4. The van der Waals surface area contributed by atoms with Crippen molar-refractivity contribution >= 4 is 0 Å². The maximum Gasteiger partial charge on any atom is 0.401 e. The fourth-order valence-corrected chi connectivity index (χ4v) is 1.30. The zero-order valence-electron chi connectivity index (χ0n) is 9.19. The predicted octanol–water partition coefficient (Wildman–Crippen LogP) is 3.45. The molecule has 1 atom stereocenters. The van der Waals surface area contributed by atoms with E-state index in [9.17, 15) is 13.2 Å². The van der Waals surface area contributed by atoms with Gasteiger partial charge in [-0.25, -0.2) is 0 Å². The van der Waals surface area contributed by atoms with Crippen LogP contribution in [0.1, 0.15) is 40.0 Å². The van der Waals surface area contributed by atoms with Gasteiger partial charge in [0.1, 0.15) is 0 Å². The number of hydrogen-bond donors (Lipinski definition) is 0. The maximum absolute atomic E-state index is 12.2. The highest BCUT2D eigenvalue weighted by molar-refractivity contribution is 4.69. The third kappa shape index (κ3) is 6.24. The molecule has 0 aliphatic rings. The van der Waals surface area contributed by atoms with Gasteiger partial charge in [-0.2, -0.15) is 13.2 Å². The molecule has 0 N–H and O–H groups in total. The first kappa shape index (κ1) is 13.8. The molecule has 0 saturated carbocycles. The van der Waals surface area contributed by atoms with Gasteiger partial charge in [-0.05, 0) is 26.3 Å². The Morgan fingerprint density at radius 1 is 1.21 bits per heavy atom. The molecule has 0 aromatic heterocycles. The zero-order valence-corrected chi connectivity index (χ0v) is 9.19. The highest BCUT2D eigenvalue weighted by Crippen LogP contribution is 2.19. The Labute approximate surface area is 84.3 Å². The summed E-state index contributed by atoms with van der Waals surface area (Å²) in [5, 5.41) is 0. The van der Waals surface area contributed by atoms with Crippen molar-refractivity contribution in [2.45, 2.75) is 52.3 Å². The second-order valence-electron chi connectivity index (χ2n) is 3.70. The Morgan fingerprint density at radius 2 is 1.79 bits per heavy atom. The molecule has 0 heterocycles. The largest absolute Gasteiger partial charge is 0.401 e. The third-order valence-electron chi connectivity index (χ3n) is 2.40. The molecule has 0 aromatic rings. The molecule has 0 aliphatic carbocycles. The first-order valence-corrected chi connectivity index (χ1v) is 5.21. The van der Waals surface area contributed by atoms with Crippen LogP contribution in [0.5, 0.6) is 0 Å². The fourth-order valence-electron chi connectivity index (χ4n) is 1.30. The summed E-state index contributed by atoms with van der Waals surface area (Å²) in [6, 6.07) is 0.0168. The van der Waals surface area contributed by atoms with E-state index < -0.39 is 12.7 Å². The monoisotopic (exact) mass is 211 g/mol. The lowest BCUT2D eigenvalue weighted by atomic mass is 10.2. The molecule has 0 saturated heterocycles. The average molecular weight is 211 g/mol. The van der Waals surface area contributed by atoms with Gasteiger partial charge in [0, 0.05) is 6.04 Å². The molecular weight excluding hydrogens is 191 g/mol. The van der Waals surface area contributed by atoms with Gasteiger partial charge in [-0.15, -0.1) is 0 Å². The Balaban J connectivity index is 4.10. The van der Waals surface area contributed by atoms with Crippen LogP contribution in [0.15, 0.2) is 0 Å². The van der Waals surface area contributed by atoms with E-state index >= 15 is 0 Å². The van der Waals surface area contributed by atoms with E-state index in [0.717, 1.165) is 19.3 Å². The molecule has 14 heavy (non-hydrogen) atoms. The van der Waals surface area contributed by atoms with Gasteiger partial charge < -0.3 is 0 Å². The van der Waals surface area contributed by atoms with Gasteiger partial charge in [-0.1, -0.05) is 20.3 Å². The average Bonchev–Trinajstić information content (AvgIpc) is 2.09. The molecular formula is C10H20F3N. The van der Waals surface area contributed by atoms with E-state index in [1.807, 2.05) is 20.8 Å². The number of hydrogen-bond acceptors (Lipinski definition) is 1. The van der Waals surface area contributed by atoms with Crippen molar-refractivity contribution in [1.82, 2.24) is 4.90 Å². The first-order chi connectivity index (χ1) is 6.40. The fraction of sp³-hybridized carbons (Fsp3) is 1.00. The molecule has 4 heteroatoms. The van der Waals surface area contributed by atoms with Crippen LogP contribution in [0.25, 0.3) is 0 Å². The summed E-state index contributed by atoms with van der Waals surface area (Å²) in [5.41, 5.74) is 0. The lowest BCUT2D eigenvalue weighted by Crippen LogP contribution is -2.40. The molecule has 0 amide bonds. The molecule has 0 rings (SSSR count). The maximum atomic E-state index is 12.2. The van der Waals surface area contributed by atoms with Crippen molar-refractivity contribution in [2.24, 2.45) is 0 Å². The predicted molar refractivity (Wildman–Crippen MR) is 52.3 cm³/mol. The van der Waals surface area contributed by atoms with Crippen molar-refractivity contribution in [1.29, 1.82) is 0 Å². The zero-order chi connectivity index (χ0) is 11.2. The standard InChI is InChI=1S/C10H20F3N/c1-4-6-7-14(9(3)5-2)8-10(11,12)13/h9H,4-8H2,1-3H3. The number of rotatable bonds is 6. The van der Waals surface area contributed by atoms with Gasteiger partial charge in [0.05, 0.1) is 6.54 Å². The summed E-state index contributed by atoms with van der Waals surface area (Å²) in [4.78, 5) is 1.52. The van der Waals surface area contributed by atoms with Gasteiger partial charge in [0.15, 0.2) is 0 Å². The van der Waals surface area contributed by atoms with Crippen molar-refractivity contribution in [3.8, 4) is 0 Å². The van der Waals surface area contributed by atoms with E-state index in [-0.39, 0.29) is 6.04 Å². The van der Waals surface area contributed by atoms with Crippen molar-refractivity contribution in [3.05, 3.63) is 0 Å². The number of alkyl halides is 3. The quantitative estimate of drug-likeness (QED) is 0.650. The SMILES string of the molecule is CCCCN(CC(F)(F)F)C(C)CC. The number of halogens is 3. The second kappa shape index (κ2) is 6.27. The molecule has 86 valence electrons. The van der Waals surface area contributed by atoms with Crippen LogP contribution in [0.3, 0.4) is 0 Å². The van der Waals surface area contributed by atoms with Gasteiger partial charge in [0.2, 0.25) is 0 Å². The molecule has 0 spiro atoms. The lowest BCUT2D eigenvalue weighted by Gasteiger charge is -2.29. The molecule has 0 fully saturated rings. The minimum atomic E-state index is -4.07. The van der Waals surface area contributed by atoms with Crippen LogP contribution in [-0.2, 0) is 0 Å². The van der Waals surface area contributed by atoms with Crippen molar-refractivity contribution < 1.29 is 13.2 Å². The topological polar surface area (TPSA) is 3.24 Å². The van der Waals surface area contributed by atoms with Crippen LogP contribution in [0, 0.1) is 0 Å². The number of nitrogens with zero attached hydrogens (tertiary/aromatic N) is 1. The smallest absolute Gasteiger partial charge is 0.292 e. The normalized spacial score (nSPS) is 14.8. The van der Waals surface area contributed by atoms with E-state index in [0.29, 0.717) is 6.54 Å². The summed E-state index contributed by atoms with van der Waals surface area (Å²) in [6.07, 6.45) is -1.54. The highest BCUT2D eigenvalue weighted by Gasteiger charge is 2.31. The molecule has 0 aliphatic heterocycles. The molecule has 0 bridgehead atoms. The third-order valence-corrected chi connectivity index (χ3v) is 2.40. The van der Waals surface area contributed by atoms with Crippen molar-refractivity contribution in [2.75, 3.05) is 13.1 Å². The van der Waals surface area contributed by atoms with Crippen molar-refractivity contribution in [3.63, 3.8) is 0 Å². The number of unbranched alkanes of at least 4 members (excludes halogenated alkanes) is 1. The van der Waals surface area contributed by atoms with Crippen LogP contribution < -0.4 is 0 Å². The summed E-state index contributed by atoms with van der Waals surface area (Å²) in [7, 11) is 0. The van der Waals surface area contributed by atoms with E-state index in [1.165, 1.54) is 4.90 Å². The summed E-state index contributed by atoms with van der Waals surface area (Å²) in [6.45, 7) is 5.52.